The molecule has 23 heavy (non-hydrogen) atoms. The molecular weight excluding hydrogens is 425 g/mol. The fraction of sp³-hybridized carbons (Fsp3) is 0.588. The van der Waals surface area contributed by atoms with E-state index >= 15 is 0 Å². The van der Waals surface area contributed by atoms with Gasteiger partial charge in [-0.2, -0.15) is 0 Å². The Labute approximate surface area is 161 Å². The van der Waals surface area contributed by atoms with Crippen LogP contribution in [0.1, 0.15) is 38.4 Å². The second-order valence-corrected chi connectivity index (χ2v) is 6.33. The number of rotatable bonds is 4. The van der Waals surface area contributed by atoms with Crippen molar-refractivity contribution in [3.05, 3.63) is 34.9 Å². The quantitative estimate of drug-likeness (QED) is 0.417. The first kappa shape index (κ1) is 20.5. The number of piperidine rings is 1. The van der Waals surface area contributed by atoms with E-state index in [1.807, 2.05) is 18.2 Å². The van der Waals surface area contributed by atoms with E-state index in [-0.39, 0.29) is 24.0 Å². The molecule has 1 saturated heterocycles. The molecular formula is C17H27ClIN3O. The zero-order valence-corrected chi connectivity index (χ0v) is 16.9. The van der Waals surface area contributed by atoms with E-state index in [0.29, 0.717) is 17.5 Å². The highest BCUT2D eigenvalue weighted by Crippen LogP contribution is 2.23. The normalized spacial score (nSPS) is 19.9. The van der Waals surface area contributed by atoms with Crippen LogP contribution in [0.2, 0.25) is 5.02 Å². The van der Waals surface area contributed by atoms with Crippen molar-refractivity contribution >= 4 is 41.5 Å². The minimum absolute atomic E-state index is 0. The molecule has 0 radical (unpaired) electrons. The van der Waals surface area contributed by atoms with E-state index in [1.54, 1.807) is 6.07 Å². The number of likely N-dealkylation sites (tertiary alicyclic amines) is 1. The van der Waals surface area contributed by atoms with Gasteiger partial charge < -0.3 is 15.3 Å². The van der Waals surface area contributed by atoms with Gasteiger partial charge in [-0.15, -0.1) is 24.0 Å². The summed E-state index contributed by atoms with van der Waals surface area (Å²) in [5, 5.41) is 14.2. The molecule has 1 heterocycles. The zero-order valence-electron chi connectivity index (χ0n) is 13.8. The summed E-state index contributed by atoms with van der Waals surface area (Å²) >= 11 is 6.13. The van der Waals surface area contributed by atoms with Gasteiger partial charge in [0, 0.05) is 30.2 Å². The van der Waals surface area contributed by atoms with Gasteiger partial charge in [-0.05, 0) is 31.7 Å². The molecule has 1 fully saturated rings. The summed E-state index contributed by atoms with van der Waals surface area (Å²) in [6.45, 7) is 7.52. The van der Waals surface area contributed by atoms with Crippen molar-refractivity contribution in [1.29, 1.82) is 0 Å². The molecule has 0 aromatic heterocycles. The molecule has 0 spiro atoms. The fourth-order valence-electron chi connectivity index (χ4n) is 2.82. The number of hydrogen-bond donors (Lipinski definition) is 2. The number of nitrogens with one attached hydrogen (secondary N) is 1. The first-order valence-electron chi connectivity index (χ1n) is 8.07. The van der Waals surface area contributed by atoms with Gasteiger partial charge in [0.05, 0.1) is 6.54 Å². The lowest BCUT2D eigenvalue weighted by Crippen LogP contribution is -2.46. The van der Waals surface area contributed by atoms with Crippen molar-refractivity contribution in [3.63, 3.8) is 0 Å². The minimum Gasteiger partial charge on any atom is -0.386 e. The number of guanidine groups is 1. The van der Waals surface area contributed by atoms with Gasteiger partial charge in [0.2, 0.25) is 0 Å². The Morgan fingerprint density at radius 1 is 1.48 bits per heavy atom. The lowest BCUT2D eigenvalue weighted by molar-refractivity contribution is 0.186. The summed E-state index contributed by atoms with van der Waals surface area (Å²) in [4.78, 5) is 6.90. The van der Waals surface area contributed by atoms with Crippen molar-refractivity contribution in [3.8, 4) is 0 Å². The average Bonchev–Trinajstić information content (AvgIpc) is 2.51. The van der Waals surface area contributed by atoms with E-state index < -0.39 is 6.10 Å². The Balaban J connectivity index is 0.00000264. The Bertz CT molecular complexity index is 512. The maximum absolute atomic E-state index is 10.3. The third kappa shape index (κ3) is 6.12. The number of aliphatic imine (C=N–C) groups is 1. The van der Waals surface area contributed by atoms with Gasteiger partial charge in [-0.25, -0.2) is 0 Å². The van der Waals surface area contributed by atoms with Crippen LogP contribution in [0.5, 0.6) is 0 Å². The number of hydrogen-bond acceptors (Lipinski definition) is 2. The first-order chi connectivity index (χ1) is 10.6. The standard InChI is InChI=1S/C17H26ClN3O.HI/c1-3-19-17(21-10-6-7-13(2)12-21)20-11-16(22)14-8-4-5-9-15(14)18;/h4-5,8-9,13,16,22H,3,6-7,10-12H2,1-2H3,(H,19,20);1H. The maximum Gasteiger partial charge on any atom is 0.194 e. The van der Waals surface area contributed by atoms with Crippen LogP contribution in [0.3, 0.4) is 0 Å². The predicted molar refractivity (Wildman–Crippen MR) is 108 cm³/mol. The number of halogens is 2. The Kier molecular flexibility index (Phi) is 9.24. The molecule has 2 N–H and O–H groups in total. The molecule has 2 rings (SSSR count). The van der Waals surface area contributed by atoms with Crippen LogP contribution >= 0.6 is 35.6 Å². The largest absolute Gasteiger partial charge is 0.386 e. The van der Waals surface area contributed by atoms with E-state index in [2.05, 4.69) is 29.1 Å². The number of aliphatic hydroxyl groups excluding tert-OH is 1. The van der Waals surface area contributed by atoms with Gasteiger partial charge in [-0.1, -0.05) is 36.7 Å². The van der Waals surface area contributed by atoms with E-state index in [0.717, 1.165) is 31.2 Å². The number of benzene rings is 1. The molecule has 1 aromatic carbocycles. The lowest BCUT2D eigenvalue weighted by atomic mass is 10.0. The summed E-state index contributed by atoms with van der Waals surface area (Å²) < 4.78 is 0. The van der Waals surface area contributed by atoms with E-state index in [9.17, 15) is 5.11 Å². The van der Waals surface area contributed by atoms with Crippen LogP contribution in [0.15, 0.2) is 29.3 Å². The number of nitrogens with zero attached hydrogens (tertiary/aromatic N) is 2. The van der Waals surface area contributed by atoms with Crippen LogP contribution in [0.25, 0.3) is 0 Å². The molecule has 0 amide bonds. The highest BCUT2D eigenvalue weighted by atomic mass is 127. The van der Waals surface area contributed by atoms with E-state index in [1.165, 1.54) is 12.8 Å². The smallest absolute Gasteiger partial charge is 0.194 e. The molecule has 1 aliphatic heterocycles. The third-order valence-corrected chi connectivity index (χ3v) is 4.31. The molecule has 0 saturated carbocycles. The highest BCUT2D eigenvalue weighted by Gasteiger charge is 2.19. The van der Waals surface area contributed by atoms with Gasteiger partial charge in [0.25, 0.3) is 0 Å². The van der Waals surface area contributed by atoms with Crippen LogP contribution in [-0.2, 0) is 0 Å². The Morgan fingerprint density at radius 2 is 2.22 bits per heavy atom. The van der Waals surface area contributed by atoms with Gasteiger partial charge in [-0.3, -0.25) is 4.99 Å². The van der Waals surface area contributed by atoms with Crippen molar-refractivity contribution in [2.75, 3.05) is 26.2 Å². The molecule has 0 aliphatic carbocycles. The number of aliphatic hydroxyl groups is 1. The summed E-state index contributed by atoms with van der Waals surface area (Å²) in [5.74, 6) is 1.58. The van der Waals surface area contributed by atoms with Gasteiger partial charge in [0.1, 0.15) is 6.10 Å². The monoisotopic (exact) mass is 451 g/mol. The second kappa shape index (κ2) is 10.4. The van der Waals surface area contributed by atoms with Crippen molar-refractivity contribution < 1.29 is 5.11 Å². The summed E-state index contributed by atoms with van der Waals surface area (Å²) in [6, 6.07) is 7.38. The Morgan fingerprint density at radius 3 is 2.87 bits per heavy atom. The lowest BCUT2D eigenvalue weighted by Gasteiger charge is -2.33. The van der Waals surface area contributed by atoms with Crippen LogP contribution in [0.4, 0.5) is 0 Å². The molecule has 0 bridgehead atoms. The van der Waals surface area contributed by atoms with Crippen molar-refractivity contribution in [1.82, 2.24) is 10.2 Å². The third-order valence-electron chi connectivity index (χ3n) is 3.97. The van der Waals surface area contributed by atoms with Gasteiger partial charge >= 0.3 is 0 Å². The van der Waals surface area contributed by atoms with Crippen LogP contribution < -0.4 is 5.32 Å². The summed E-state index contributed by atoms with van der Waals surface area (Å²) in [6.07, 6.45) is 1.79. The summed E-state index contributed by atoms with van der Waals surface area (Å²) in [7, 11) is 0. The van der Waals surface area contributed by atoms with Gasteiger partial charge in [0.15, 0.2) is 5.96 Å². The molecule has 6 heteroatoms. The molecule has 4 nitrogen and oxygen atoms in total. The van der Waals surface area contributed by atoms with Crippen LogP contribution in [-0.4, -0.2) is 42.1 Å². The molecule has 1 aliphatic rings. The fourth-order valence-corrected chi connectivity index (χ4v) is 3.09. The SMILES string of the molecule is CCNC(=NCC(O)c1ccccc1Cl)N1CCCC(C)C1.I. The zero-order chi connectivity index (χ0) is 15.9. The maximum atomic E-state index is 10.3. The Hall–Kier alpha value is -0.530. The van der Waals surface area contributed by atoms with Crippen molar-refractivity contribution in [2.24, 2.45) is 10.9 Å². The summed E-state index contributed by atoms with van der Waals surface area (Å²) in [5.41, 5.74) is 0.732. The van der Waals surface area contributed by atoms with Crippen LogP contribution in [0, 0.1) is 5.92 Å². The predicted octanol–water partition coefficient (Wildman–Crippen LogP) is 3.69. The molecule has 1 aromatic rings. The second-order valence-electron chi connectivity index (χ2n) is 5.93. The molecule has 2 atom stereocenters. The topological polar surface area (TPSA) is 47.9 Å². The average molecular weight is 452 g/mol. The van der Waals surface area contributed by atoms with E-state index in [4.69, 9.17) is 11.6 Å². The van der Waals surface area contributed by atoms with Crippen molar-refractivity contribution in [2.45, 2.75) is 32.8 Å². The first-order valence-corrected chi connectivity index (χ1v) is 8.45. The minimum atomic E-state index is -0.676. The molecule has 2 unspecified atom stereocenters. The molecule has 130 valence electrons. The highest BCUT2D eigenvalue weighted by molar-refractivity contribution is 14.0.